The van der Waals surface area contributed by atoms with E-state index in [1.165, 1.54) is 0 Å². The number of amides is 1. The molecule has 0 radical (unpaired) electrons. The Morgan fingerprint density at radius 3 is 2.81 bits per heavy atom. The maximum Gasteiger partial charge on any atom is 0.255 e. The van der Waals surface area contributed by atoms with Gasteiger partial charge >= 0.3 is 0 Å². The second-order valence-corrected chi connectivity index (χ2v) is 6.84. The second-order valence-electron chi connectivity index (χ2n) is 6.31. The number of hydrogen-bond acceptors (Lipinski definition) is 5. The van der Waals surface area contributed by atoms with Crippen LogP contribution in [0.2, 0.25) is 0 Å². The first kappa shape index (κ1) is 15.2. The van der Waals surface area contributed by atoms with Crippen LogP contribution in [0.25, 0.3) is 22.3 Å². The summed E-state index contributed by atoms with van der Waals surface area (Å²) in [5.41, 5.74) is 5.13. The number of nitrogens with one attached hydrogen (secondary N) is 1. The molecule has 26 heavy (non-hydrogen) atoms. The molecule has 7 heteroatoms. The summed E-state index contributed by atoms with van der Waals surface area (Å²) in [7, 11) is 0. The Labute approximate surface area is 153 Å². The SMILES string of the molecule is O=C(Nc1ccc(-c2cnc3n2CCC3)cc1)c1ccc2nsnc2c1. The highest BCUT2D eigenvalue weighted by atomic mass is 32.1. The summed E-state index contributed by atoms with van der Waals surface area (Å²) in [6.07, 6.45) is 4.13. The lowest BCUT2D eigenvalue weighted by Crippen LogP contribution is -2.11. The highest BCUT2D eigenvalue weighted by Crippen LogP contribution is 2.26. The molecule has 0 fully saturated rings. The first-order chi connectivity index (χ1) is 12.8. The molecule has 1 aliphatic rings. The number of carbonyl (C=O) groups excluding carboxylic acids is 1. The van der Waals surface area contributed by atoms with Crippen LogP contribution in [-0.2, 0) is 13.0 Å². The van der Waals surface area contributed by atoms with Crippen LogP contribution in [0, 0.1) is 0 Å². The number of fused-ring (bicyclic) bond motifs is 2. The fraction of sp³-hybridized carbons (Fsp3) is 0.158. The third-order valence-electron chi connectivity index (χ3n) is 4.67. The third-order valence-corrected chi connectivity index (χ3v) is 5.23. The van der Waals surface area contributed by atoms with E-state index in [-0.39, 0.29) is 5.91 Å². The molecule has 0 spiro atoms. The van der Waals surface area contributed by atoms with Gasteiger partial charge in [0.25, 0.3) is 5.91 Å². The smallest absolute Gasteiger partial charge is 0.255 e. The van der Waals surface area contributed by atoms with Gasteiger partial charge in [0.2, 0.25) is 0 Å². The molecule has 4 aromatic rings. The Hall–Kier alpha value is -3.06. The van der Waals surface area contributed by atoms with Gasteiger partial charge in [0.05, 0.1) is 23.6 Å². The van der Waals surface area contributed by atoms with Crippen molar-refractivity contribution in [3.8, 4) is 11.3 Å². The van der Waals surface area contributed by atoms with Gasteiger partial charge in [0.15, 0.2) is 0 Å². The normalized spacial score (nSPS) is 13.1. The zero-order chi connectivity index (χ0) is 17.5. The van der Waals surface area contributed by atoms with E-state index < -0.39 is 0 Å². The third kappa shape index (κ3) is 2.57. The minimum Gasteiger partial charge on any atom is -0.328 e. The summed E-state index contributed by atoms with van der Waals surface area (Å²) in [5.74, 6) is 1.00. The number of aryl methyl sites for hydroxylation is 1. The van der Waals surface area contributed by atoms with Crippen LogP contribution in [0.4, 0.5) is 5.69 Å². The zero-order valence-corrected chi connectivity index (χ0v) is 14.7. The molecule has 1 aliphatic heterocycles. The topological polar surface area (TPSA) is 72.7 Å². The maximum absolute atomic E-state index is 12.5. The van der Waals surface area contributed by atoms with Gasteiger partial charge < -0.3 is 9.88 Å². The minimum atomic E-state index is -0.155. The van der Waals surface area contributed by atoms with Gasteiger partial charge in [-0.3, -0.25) is 4.79 Å². The molecular weight excluding hydrogens is 346 g/mol. The Morgan fingerprint density at radius 2 is 1.92 bits per heavy atom. The van der Waals surface area contributed by atoms with E-state index >= 15 is 0 Å². The lowest BCUT2D eigenvalue weighted by Gasteiger charge is -2.08. The number of aromatic nitrogens is 4. The van der Waals surface area contributed by atoms with Crippen molar-refractivity contribution >= 4 is 34.4 Å². The Kier molecular flexibility index (Phi) is 3.53. The molecule has 1 amide bonds. The summed E-state index contributed by atoms with van der Waals surface area (Å²) in [4.78, 5) is 17.0. The van der Waals surface area contributed by atoms with E-state index in [0.717, 1.165) is 64.9 Å². The summed E-state index contributed by atoms with van der Waals surface area (Å²) in [6, 6.07) is 13.2. The molecule has 0 unspecified atom stereocenters. The summed E-state index contributed by atoms with van der Waals surface area (Å²) >= 11 is 1.15. The molecule has 2 aromatic heterocycles. The van der Waals surface area contributed by atoms with Crippen molar-refractivity contribution in [2.24, 2.45) is 0 Å². The molecule has 3 heterocycles. The predicted octanol–water partition coefficient (Wildman–Crippen LogP) is 3.75. The number of carbonyl (C=O) groups is 1. The lowest BCUT2D eigenvalue weighted by molar-refractivity contribution is 0.102. The Morgan fingerprint density at radius 1 is 1.08 bits per heavy atom. The fourth-order valence-electron chi connectivity index (χ4n) is 3.34. The highest BCUT2D eigenvalue weighted by Gasteiger charge is 2.16. The average Bonchev–Trinajstić information content (AvgIpc) is 3.38. The van der Waals surface area contributed by atoms with Crippen molar-refractivity contribution in [1.29, 1.82) is 0 Å². The summed E-state index contributed by atoms with van der Waals surface area (Å²) in [6.45, 7) is 1.02. The molecule has 0 aliphatic carbocycles. The fourth-order valence-corrected chi connectivity index (χ4v) is 3.86. The van der Waals surface area contributed by atoms with Crippen molar-refractivity contribution in [3.63, 3.8) is 0 Å². The molecule has 128 valence electrons. The van der Waals surface area contributed by atoms with E-state index in [9.17, 15) is 4.79 Å². The van der Waals surface area contributed by atoms with E-state index in [1.807, 2.05) is 36.5 Å². The van der Waals surface area contributed by atoms with Crippen LogP contribution in [0.5, 0.6) is 0 Å². The monoisotopic (exact) mass is 361 g/mol. The second kappa shape index (κ2) is 6.03. The summed E-state index contributed by atoms with van der Waals surface area (Å²) < 4.78 is 10.6. The quantitative estimate of drug-likeness (QED) is 0.603. The lowest BCUT2D eigenvalue weighted by atomic mass is 10.1. The van der Waals surface area contributed by atoms with Crippen LogP contribution in [0.1, 0.15) is 22.6 Å². The van der Waals surface area contributed by atoms with E-state index in [0.29, 0.717) is 5.56 Å². The van der Waals surface area contributed by atoms with Crippen molar-refractivity contribution < 1.29 is 4.79 Å². The van der Waals surface area contributed by atoms with Crippen molar-refractivity contribution in [2.45, 2.75) is 19.4 Å². The molecule has 0 saturated heterocycles. The molecular formula is C19H15N5OS. The van der Waals surface area contributed by atoms with Crippen molar-refractivity contribution in [3.05, 3.63) is 60.0 Å². The number of hydrogen-bond donors (Lipinski definition) is 1. The first-order valence-corrected chi connectivity index (χ1v) is 9.19. The first-order valence-electron chi connectivity index (χ1n) is 8.46. The maximum atomic E-state index is 12.5. The van der Waals surface area contributed by atoms with Crippen LogP contribution in [-0.4, -0.2) is 24.2 Å². The van der Waals surface area contributed by atoms with Gasteiger partial charge in [-0.1, -0.05) is 12.1 Å². The molecule has 1 N–H and O–H groups in total. The minimum absolute atomic E-state index is 0.155. The molecule has 6 nitrogen and oxygen atoms in total. The largest absolute Gasteiger partial charge is 0.328 e. The number of anilines is 1. The predicted molar refractivity (Wildman–Crippen MR) is 101 cm³/mol. The molecule has 2 aromatic carbocycles. The van der Waals surface area contributed by atoms with Gasteiger partial charge in [-0.25, -0.2) is 4.98 Å². The standard InChI is InChI=1S/C19H15N5OS/c25-19(13-5-8-15-16(10-13)23-26-22-15)21-14-6-3-12(4-7-14)17-11-20-18-2-1-9-24(17)18/h3-8,10-11H,1-2,9H2,(H,21,25). The van der Waals surface area contributed by atoms with Crippen molar-refractivity contribution in [1.82, 2.24) is 18.3 Å². The van der Waals surface area contributed by atoms with E-state index in [2.05, 4.69) is 23.6 Å². The number of imidazole rings is 1. The number of rotatable bonds is 3. The van der Waals surface area contributed by atoms with Gasteiger partial charge in [-0.15, -0.1) is 0 Å². The number of nitrogens with zero attached hydrogens (tertiary/aromatic N) is 4. The number of benzene rings is 2. The van der Waals surface area contributed by atoms with Gasteiger partial charge in [-0.2, -0.15) is 8.75 Å². The van der Waals surface area contributed by atoms with Crippen LogP contribution < -0.4 is 5.32 Å². The Bertz CT molecular complexity index is 1110. The van der Waals surface area contributed by atoms with E-state index in [4.69, 9.17) is 0 Å². The molecule has 0 atom stereocenters. The molecule has 0 bridgehead atoms. The summed E-state index contributed by atoms with van der Waals surface area (Å²) in [5, 5.41) is 2.93. The van der Waals surface area contributed by atoms with Gasteiger partial charge in [0, 0.05) is 24.2 Å². The van der Waals surface area contributed by atoms with E-state index in [1.54, 1.807) is 12.1 Å². The highest BCUT2D eigenvalue weighted by molar-refractivity contribution is 7.00. The van der Waals surface area contributed by atoms with Crippen LogP contribution >= 0.6 is 11.7 Å². The zero-order valence-electron chi connectivity index (χ0n) is 13.8. The van der Waals surface area contributed by atoms with Crippen LogP contribution in [0.3, 0.4) is 0 Å². The molecule has 5 rings (SSSR count). The van der Waals surface area contributed by atoms with Crippen LogP contribution in [0.15, 0.2) is 48.7 Å². The Balaban J connectivity index is 1.36. The average molecular weight is 361 g/mol. The van der Waals surface area contributed by atoms with Crippen molar-refractivity contribution in [2.75, 3.05) is 5.32 Å². The molecule has 0 saturated carbocycles. The van der Waals surface area contributed by atoms with Gasteiger partial charge in [0.1, 0.15) is 16.9 Å². The van der Waals surface area contributed by atoms with Gasteiger partial charge in [-0.05, 0) is 42.3 Å².